The number of aryl methyl sites for hydroxylation is 1. The van der Waals surface area contributed by atoms with Gasteiger partial charge in [-0.1, -0.05) is 30.3 Å². The SMILES string of the molecule is COc1ccc(CNC2CCN(Cc3ccccc3C)CC2)cc1O. The molecule has 0 radical (unpaired) electrons. The Labute approximate surface area is 150 Å². The molecule has 4 heteroatoms. The third-order valence-electron chi connectivity index (χ3n) is 5.08. The van der Waals surface area contributed by atoms with Crippen molar-refractivity contribution in [1.29, 1.82) is 0 Å². The van der Waals surface area contributed by atoms with Crippen molar-refractivity contribution in [2.75, 3.05) is 20.2 Å². The molecule has 0 bridgehead atoms. The number of piperidine rings is 1. The van der Waals surface area contributed by atoms with E-state index in [1.807, 2.05) is 12.1 Å². The number of hydrogen-bond acceptors (Lipinski definition) is 4. The highest BCUT2D eigenvalue weighted by Gasteiger charge is 2.19. The van der Waals surface area contributed by atoms with Crippen molar-refractivity contribution in [2.24, 2.45) is 0 Å². The second-order valence-electron chi connectivity index (χ2n) is 6.86. The number of hydrogen-bond donors (Lipinski definition) is 2. The van der Waals surface area contributed by atoms with E-state index in [2.05, 4.69) is 41.4 Å². The Morgan fingerprint density at radius 3 is 2.60 bits per heavy atom. The molecule has 0 atom stereocenters. The van der Waals surface area contributed by atoms with Crippen LogP contribution in [0.5, 0.6) is 11.5 Å². The molecule has 0 spiro atoms. The normalized spacial score (nSPS) is 16.1. The topological polar surface area (TPSA) is 44.7 Å². The van der Waals surface area contributed by atoms with Gasteiger partial charge in [-0.3, -0.25) is 4.90 Å². The van der Waals surface area contributed by atoms with E-state index in [1.54, 1.807) is 13.2 Å². The van der Waals surface area contributed by atoms with Crippen LogP contribution in [0.25, 0.3) is 0 Å². The van der Waals surface area contributed by atoms with Crippen LogP contribution in [0.15, 0.2) is 42.5 Å². The van der Waals surface area contributed by atoms with E-state index >= 15 is 0 Å². The van der Waals surface area contributed by atoms with Crippen LogP contribution in [0.4, 0.5) is 0 Å². The van der Waals surface area contributed by atoms with Gasteiger partial charge in [0.1, 0.15) is 0 Å². The van der Waals surface area contributed by atoms with E-state index < -0.39 is 0 Å². The van der Waals surface area contributed by atoms with Crippen molar-refractivity contribution in [1.82, 2.24) is 10.2 Å². The Hall–Kier alpha value is -2.04. The van der Waals surface area contributed by atoms with Crippen molar-refractivity contribution in [3.63, 3.8) is 0 Å². The van der Waals surface area contributed by atoms with Crippen LogP contribution < -0.4 is 10.1 Å². The fourth-order valence-electron chi connectivity index (χ4n) is 3.43. The molecule has 0 aromatic heterocycles. The van der Waals surface area contributed by atoms with E-state index in [0.717, 1.165) is 44.6 Å². The molecule has 2 aromatic carbocycles. The maximum atomic E-state index is 9.87. The third-order valence-corrected chi connectivity index (χ3v) is 5.08. The number of phenols is 1. The number of methoxy groups -OCH3 is 1. The summed E-state index contributed by atoms with van der Waals surface area (Å²) in [6, 6.07) is 14.8. The smallest absolute Gasteiger partial charge is 0.160 e. The van der Waals surface area contributed by atoms with E-state index in [4.69, 9.17) is 4.74 Å². The van der Waals surface area contributed by atoms with Crippen LogP contribution >= 0.6 is 0 Å². The molecule has 0 amide bonds. The summed E-state index contributed by atoms with van der Waals surface area (Å²) in [6.45, 7) is 6.26. The standard InChI is InChI=1S/C21H28N2O2/c1-16-5-3-4-6-18(16)15-23-11-9-19(10-12-23)22-14-17-7-8-21(25-2)20(24)13-17/h3-8,13,19,22,24H,9-12,14-15H2,1-2H3. The zero-order chi connectivity index (χ0) is 17.6. The molecule has 4 nitrogen and oxygen atoms in total. The first-order chi connectivity index (χ1) is 12.2. The van der Waals surface area contributed by atoms with Gasteiger partial charge in [-0.05, 0) is 61.7 Å². The lowest BCUT2D eigenvalue weighted by Gasteiger charge is -2.32. The Morgan fingerprint density at radius 1 is 1.16 bits per heavy atom. The van der Waals surface area contributed by atoms with E-state index in [9.17, 15) is 5.11 Å². The minimum absolute atomic E-state index is 0.204. The molecule has 134 valence electrons. The largest absolute Gasteiger partial charge is 0.504 e. The summed E-state index contributed by atoms with van der Waals surface area (Å²) in [5, 5.41) is 13.5. The fourth-order valence-corrected chi connectivity index (χ4v) is 3.43. The molecule has 2 N–H and O–H groups in total. The molecule has 2 aromatic rings. The second-order valence-corrected chi connectivity index (χ2v) is 6.86. The van der Waals surface area contributed by atoms with Crippen LogP contribution in [0.1, 0.15) is 29.5 Å². The molecular weight excluding hydrogens is 312 g/mol. The van der Waals surface area contributed by atoms with Gasteiger partial charge in [0.15, 0.2) is 11.5 Å². The lowest BCUT2D eigenvalue weighted by molar-refractivity contribution is 0.190. The number of likely N-dealkylation sites (tertiary alicyclic amines) is 1. The molecule has 25 heavy (non-hydrogen) atoms. The fraction of sp³-hybridized carbons (Fsp3) is 0.429. The Morgan fingerprint density at radius 2 is 1.92 bits per heavy atom. The highest BCUT2D eigenvalue weighted by Crippen LogP contribution is 2.26. The Bertz CT molecular complexity index is 694. The van der Waals surface area contributed by atoms with Gasteiger partial charge in [0.25, 0.3) is 0 Å². The molecule has 0 unspecified atom stereocenters. The van der Waals surface area contributed by atoms with Crippen molar-refractivity contribution in [3.05, 3.63) is 59.2 Å². The number of nitrogens with one attached hydrogen (secondary N) is 1. The van der Waals surface area contributed by atoms with Gasteiger partial charge in [-0.2, -0.15) is 0 Å². The van der Waals surface area contributed by atoms with Crippen molar-refractivity contribution in [3.8, 4) is 11.5 Å². The lowest BCUT2D eigenvalue weighted by Crippen LogP contribution is -2.41. The number of nitrogens with zero attached hydrogens (tertiary/aromatic N) is 1. The van der Waals surface area contributed by atoms with Crippen LogP contribution in [-0.2, 0) is 13.1 Å². The zero-order valence-electron chi connectivity index (χ0n) is 15.2. The van der Waals surface area contributed by atoms with Gasteiger partial charge in [-0.15, -0.1) is 0 Å². The molecule has 1 fully saturated rings. The quantitative estimate of drug-likeness (QED) is 0.845. The third kappa shape index (κ3) is 4.74. The van der Waals surface area contributed by atoms with Crippen LogP contribution in [0, 0.1) is 6.92 Å². The molecule has 0 aliphatic carbocycles. The van der Waals surface area contributed by atoms with Gasteiger partial charge in [-0.25, -0.2) is 0 Å². The van der Waals surface area contributed by atoms with Crippen LogP contribution in [0.3, 0.4) is 0 Å². The average Bonchev–Trinajstić information content (AvgIpc) is 2.63. The summed E-state index contributed by atoms with van der Waals surface area (Å²) in [6.07, 6.45) is 2.32. The Balaban J connectivity index is 1.45. The summed E-state index contributed by atoms with van der Waals surface area (Å²) in [5.74, 6) is 0.725. The summed E-state index contributed by atoms with van der Waals surface area (Å²) < 4.78 is 5.09. The minimum atomic E-state index is 0.204. The second kappa shape index (κ2) is 8.37. The van der Waals surface area contributed by atoms with Gasteiger partial charge in [0.2, 0.25) is 0 Å². The van der Waals surface area contributed by atoms with Gasteiger partial charge >= 0.3 is 0 Å². The van der Waals surface area contributed by atoms with Crippen molar-refractivity contribution < 1.29 is 9.84 Å². The number of benzene rings is 2. The zero-order valence-corrected chi connectivity index (χ0v) is 15.2. The maximum Gasteiger partial charge on any atom is 0.160 e. The van der Waals surface area contributed by atoms with E-state index in [1.165, 1.54) is 11.1 Å². The molecule has 0 saturated carbocycles. The lowest BCUT2D eigenvalue weighted by atomic mass is 10.0. The predicted octanol–water partition coefficient (Wildman–Crippen LogP) is 3.46. The highest BCUT2D eigenvalue weighted by molar-refractivity contribution is 5.41. The molecule has 1 aliphatic heterocycles. The number of aromatic hydroxyl groups is 1. The first kappa shape index (κ1) is 17.8. The maximum absolute atomic E-state index is 9.87. The Kier molecular flexibility index (Phi) is 5.95. The van der Waals surface area contributed by atoms with Gasteiger partial charge < -0.3 is 15.2 Å². The monoisotopic (exact) mass is 340 g/mol. The van der Waals surface area contributed by atoms with Crippen LogP contribution in [0.2, 0.25) is 0 Å². The summed E-state index contributed by atoms with van der Waals surface area (Å²) >= 11 is 0. The number of ether oxygens (including phenoxy) is 1. The highest BCUT2D eigenvalue weighted by atomic mass is 16.5. The van der Waals surface area contributed by atoms with E-state index in [-0.39, 0.29) is 5.75 Å². The van der Waals surface area contributed by atoms with Crippen LogP contribution in [-0.4, -0.2) is 36.2 Å². The van der Waals surface area contributed by atoms with Gasteiger partial charge in [0, 0.05) is 19.1 Å². The summed E-state index contributed by atoms with van der Waals surface area (Å²) in [4.78, 5) is 2.54. The van der Waals surface area contributed by atoms with Crippen molar-refractivity contribution >= 4 is 0 Å². The number of rotatable bonds is 6. The van der Waals surface area contributed by atoms with Gasteiger partial charge in [0.05, 0.1) is 7.11 Å². The predicted molar refractivity (Wildman–Crippen MR) is 101 cm³/mol. The molecular formula is C21H28N2O2. The molecule has 1 heterocycles. The van der Waals surface area contributed by atoms with E-state index in [0.29, 0.717) is 11.8 Å². The average molecular weight is 340 g/mol. The van der Waals surface area contributed by atoms with Crippen molar-refractivity contribution in [2.45, 2.75) is 38.9 Å². The minimum Gasteiger partial charge on any atom is -0.504 e. The first-order valence-corrected chi connectivity index (χ1v) is 9.02. The first-order valence-electron chi connectivity index (χ1n) is 9.02. The number of phenolic OH excluding ortho intramolecular Hbond substituents is 1. The molecule has 3 rings (SSSR count). The molecule has 1 saturated heterocycles. The molecule has 1 aliphatic rings. The summed E-state index contributed by atoms with van der Waals surface area (Å²) in [7, 11) is 1.57. The summed E-state index contributed by atoms with van der Waals surface area (Å²) in [5.41, 5.74) is 3.89.